The molecule has 140 valence electrons. The van der Waals surface area contributed by atoms with E-state index in [9.17, 15) is 9.18 Å². The predicted molar refractivity (Wildman–Crippen MR) is 105 cm³/mol. The minimum atomic E-state index is -0.357. The highest BCUT2D eigenvalue weighted by atomic mass is 35.5. The quantitative estimate of drug-likeness (QED) is 0.609. The Labute approximate surface area is 166 Å². The van der Waals surface area contributed by atoms with E-state index < -0.39 is 0 Å². The van der Waals surface area contributed by atoms with Crippen LogP contribution in [0.2, 0.25) is 5.02 Å². The SMILES string of the molecule is Cn1c(SCC(=O)NCCc2ccc(Cl)cc2)nnc1-c1ccccc1F. The zero-order valence-corrected chi connectivity index (χ0v) is 16.2. The Kier molecular flexibility index (Phi) is 6.47. The predicted octanol–water partition coefficient (Wildman–Crippen LogP) is 3.73. The van der Waals surface area contributed by atoms with Crippen LogP contribution in [-0.4, -0.2) is 33.0 Å². The second-order valence-electron chi connectivity index (χ2n) is 5.86. The summed E-state index contributed by atoms with van der Waals surface area (Å²) in [5.74, 6) is 0.191. The molecule has 3 rings (SSSR count). The van der Waals surface area contributed by atoms with E-state index in [4.69, 9.17) is 11.6 Å². The second kappa shape index (κ2) is 9.01. The van der Waals surface area contributed by atoms with Crippen molar-refractivity contribution in [3.05, 3.63) is 64.9 Å². The molecule has 0 spiro atoms. The van der Waals surface area contributed by atoms with Crippen LogP contribution in [0.5, 0.6) is 0 Å². The van der Waals surface area contributed by atoms with Crippen molar-refractivity contribution in [2.24, 2.45) is 7.05 Å². The van der Waals surface area contributed by atoms with Gasteiger partial charge in [-0.25, -0.2) is 4.39 Å². The molecule has 1 heterocycles. The number of hydrogen-bond acceptors (Lipinski definition) is 4. The summed E-state index contributed by atoms with van der Waals surface area (Å²) in [5, 5.41) is 12.2. The number of halogens is 2. The summed E-state index contributed by atoms with van der Waals surface area (Å²) < 4.78 is 15.6. The number of rotatable bonds is 7. The van der Waals surface area contributed by atoms with E-state index in [1.807, 2.05) is 24.3 Å². The summed E-state index contributed by atoms with van der Waals surface area (Å²) in [6.45, 7) is 0.542. The summed E-state index contributed by atoms with van der Waals surface area (Å²) in [4.78, 5) is 12.0. The highest BCUT2D eigenvalue weighted by Gasteiger charge is 2.15. The Balaban J connectivity index is 1.50. The van der Waals surface area contributed by atoms with Gasteiger partial charge in [0.05, 0.1) is 11.3 Å². The first kappa shape index (κ1) is 19.4. The molecule has 1 N–H and O–H groups in total. The van der Waals surface area contributed by atoms with Gasteiger partial charge in [0.2, 0.25) is 5.91 Å². The van der Waals surface area contributed by atoms with Crippen LogP contribution in [0.4, 0.5) is 4.39 Å². The van der Waals surface area contributed by atoms with Crippen molar-refractivity contribution in [1.29, 1.82) is 0 Å². The highest BCUT2D eigenvalue weighted by Crippen LogP contribution is 2.24. The zero-order valence-electron chi connectivity index (χ0n) is 14.7. The van der Waals surface area contributed by atoms with Crippen LogP contribution in [0.25, 0.3) is 11.4 Å². The van der Waals surface area contributed by atoms with Crippen LogP contribution < -0.4 is 5.32 Å². The molecular weight excluding hydrogens is 387 g/mol. The van der Waals surface area contributed by atoms with Crippen LogP contribution in [-0.2, 0) is 18.3 Å². The van der Waals surface area contributed by atoms with Crippen LogP contribution in [0, 0.1) is 5.82 Å². The van der Waals surface area contributed by atoms with Gasteiger partial charge >= 0.3 is 0 Å². The first-order chi connectivity index (χ1) is 13.0. The van der Waals surface area contributed by atoms with Crippen LogP contribution in [0.3, 0.4) is 0 Å². The molecule has 1 amide bonds. The number of hydrogen-bond donors (Lipinski definition) is 1. The summed E-state index contributed by atoms with van der Waals surface area (Å²) in [6.07, 6.45) is 0.731. The first-order valence-electron chi connectivity index (χ1n) is 8.33. The van der Waals surface area contributed by atoms with Gasteiger partial charge in [-0.05, 0) is 36.2 Å². The van der Waals surface area contributed by atoms with Gasteiger partial charge in [-0.3, -0.25) is 4.79 Å². The molecule has 0 aliphatic rings. The zero-order chi connectivity index (χ0) is 19.2. The van der Waals surface area contributed by atoms with Crippen molar-refractivity contribution in [3.63, 3.8) is 0 Å². The van der Waals surface area contributed by atoms with Gasteiger partial charge in [0.1, 0.15) is 5.82 Å². The van der Waals surface area contributed by atoms with Gasteiger partial charge in [-0.15, -0.1) is 10.2 Å². The Morgan fingerprint density at radius 1 is 1.19 bits per heavy atom. The number of aromatic nitrogens is 3. The molecule has 2 aromatic carbocycles. The van der Waals surface area contributed by atoms with Crippen molar-refractivity contribution in [2.75, 3.05) is 12.3 Å². The molecule has 0 radical (unpaired) electrons. The lowest BCUT2D eigenvalue weighted by molar-refractivity contribution is -0.118. The maximum atomic E-state index is 13.9. The first-order valence-corrected chi connectivity index (χ1v) is 9.69. The number of nitrogens with one attached hydrogen (secondary N) is 1. The Morgan fingerprint density at radius 3 is 2.67 bits per heavy atom. The van der Waals surface area contributed by atoms with Crippen molar-refractivity contribution >= 4 is 29.3 Å². The largest absolute Gasteiger partial charge is 0.355 e. The standard InChI is InChI=1S/C19H18ClFN4OS/c1-25-18(15-4-2-3-5-16(15)21)23-24-19(25)27-12-17(26)22-11-10-13-6-8-14(20)9-7-13/h2-9H,10-12H2,1H3,(H,22,26). The summed E-state index contributed by atoms with van der Waals surface area (Å²) in [7, 11) is 1.75. The smallest absolute Gasteiger partial charge is 0.230 e. The van der Waals surface area contributed by atoms with E-state index in [0.717, 1.165) is 12.0 Å². The van der Waals surface area contributed by atoms with Crippen molar-refractivity contribution in [1.82, 2.24) is 20.1 Å². The van der Waals surface area contributed by atoms with E-state index in [2.05, 4.69) is 15.5 Å². The number of benzene rings is 2. The normalized spacial score (nSPS) is 10.8. The van der Waals surface area contributed by atoms with Crippen molar-refractivity contribution in [3.8, 4) is 11.4 Å². The monoisotopic (exact) mass is 404 g/mol. The molecule has 0 aliphatic heterocycles. The minimum Gasteiger partial charge on any atom is -0.355 e. The minimum absolute atomic E-state index is 0.0931. The maximum Gasteiger partial charge on any atom is 0.230 e. The van der Waals surface area contributed by atoms with E-state index >= 15 is 0 Å². The van der Waals surface area contributed by atoms with Crippen LogP contribution in [0.1, 0.15) is 5.56 Å². The molecule has 0 aliphatic carbocycles. The highest BCUT2D eigenvalue weighted by molar-refractivity contribution is 7.99. The average Bonchev–Trinajstić information content (AvgIpc) is 3.02. The molecule has 0 saturated carbocycles. The lowest BCUT2D eigenvalue weighted by Crippen LogP contribution is -2.27. The van der Waals surface area contributed by atoms with E-state index in [1.165, 1.54) is 17.8 Å². The molecule has 5 nitrogen and oxygen atoms in total. The van der Waals surface area contributed by atoms with Gasteiger partial charge < -0.3 is 9.88 Å². The van der Waals surface area contributed by atoms with Gasteiger partial charge in [0.25, 0.3) is 0 Å². The van der Waals surface area contributed by atoms with E-state index in [-0.39, 0.29) is 17.5 Å². The lowest BCUT2D eigenvalue weighted by atomic mass is 10.1. The van der Waals surface area contributed by atoms with Crippen LogP contribution >= 0.6 is 23.4 Å². The molecular formula is C19H18ClFN4OS. The Morgan fingerprint density at radius 2 is 1.93 bits per heavy atom. The van der Waals surface area contributed by atoms with Gasteiger partial charge in [0.15, 0.2) is 11.0 Å². The molecule has 0 atom stereocenters. The molecule has 0 fully saturated rings. The van der Waals surface area contributed by atoms with E-state index in [1.54, 1.807) is 29.8 Å². The second-order valence-corrected chi connectivity index (χ2v) is 7.24. The van der Waals surface area contributed by atoms with Crippen LogP contribution in [0.15, 0.2) is 53.7 Å². The molecule has 0 saturated heterocycles. The molecule has 1 aromatic heterocycles. The average molecular weight is 405 g/mol. The van der Waals surface area contributed by atoms with E-state index in [0.29, 0.717) is 28.1 Å². The Bertz CT molecular complexity index is 930. The van der Waals surface area contributed by atoms with Gasteiger partial charge in [0, 0.05) is 18.6 Å². The lowest BCUT2D eigenvalue weighted by Gasteiger charge is -2.06. The van der Waals surface area contributed by atoms with Gasteiger partial charge in [-0.1, -0.05) is 47.6 Å². The number of carbonyl (C=O) groups is 1. The summed E-state index contributed by atoms with van der Waals surface area (Å²) in [5.41, 5.74) is 1.49. The number of carbonyl (C=O) groups excluding carboxylic acids is 1. The van der Waals surface area contributed by atoms with Gasteiger partial charge in [-0.2, -0.15) is 0 Å². The number of amides is 1. The number of nitrogens with zero attached hydrogens (tertiary/aromatic N) is 3. The third-order valence-electron chi connectivity index (χ3n) is 3.93. The summed E-state index contributed by atoms with van der Waals surface area (Å²) >= 11 is 7.11. The van der Waals surface area contributed by atoms with Crippen molar-refractivity contribution in [2.45, 2.75) is 11.6 Å². The fourth-order valence-electron chi connectivity index (χ4n) is 2.50. The number of thioether (sulfide) groups is 1. The maximum absolute atomic E-state index is 13.9. The third-order valence-corrected chi connectivity index (χ3v) is 5.20. The summed E-state index contributed by atoms with van der Waals surface area (Å²) in [6, 6.07) is 13.9. The molecule has 8 heteroatoms. The topological polar surface area (TPSA) is 59.8 Å². The fraction of sp³-hybridized carbons (Fsp3) is 0.211. The van der Waals surface area contributed by atoms with Crippen molar-refractivity contribution < 1.29 is 9.18 Å². The molecule has 0 unspecified atom stereocenters. The fourth-order valence-corrected chi connectivity index (χ4v) is 3.36. The third kappa shape index (κ3) is 5.08. The Hall–Kier alpha value is -2.38. The molecule has 3 aromatic rings. The molecule has 0 bridgehead atoms. The molecule has 27 heavy (non-hydrogen) atoms.